The minimum Gasteiger partial charge on any atom is -0.465 e. The Morgan fingerprint density at radius 3 is 2.54 bits per heavy atom. The van der Waals surface area contributed by atoms with Crippen LogP contribution in [0.5, 0.6) is 0 Å². The first-order chi connectivity index (χ1) is 6.06. The summed E-state index contributed by atoms with van der Waals surface area (Å²) in [6.07, 6.45) is 0. The smallest absolute Gasteiger partial charge is 0.338 e. The van der Waals surface area contributed by atoms with Crippen LogP contribution in [0.3, 0.4) is 0 Å². The first-order valence-corrected chi connectivity index (χ1v) is 3.91. The molecule has 0 aliphatic carbocycles. The summed E-state index contributed by atoms with van der Waals surface area (Å²) in [5, 5.41) is 0. The van der Waals surface area contributed by atoms with Gasteiger partial charge in [0.15, 0.2) is 0 Å². The summed E-state index contributed by atoms with van der Waals surface area (Å²) in [6, 6.07) is 3.01. The first kappa shape index (κ1) is 9.71. The van der Waals surface area contributed by atoms with Crippen LogP contribution in [0.4, 0.5) is 4.39 Å². The molecule has 0 unspecified atom stereocenters. The molecule has 1 aromatic rings. The van der Waals surface area contributed by atoms with Crippen LogP contribution in [0.15, 0.2) is 12.1 Å². The van der Waals surface area contributed by atoms with Gasteiger partial charge >= 0.3 is 5.97 Å². The van der Waals surface area contributed by atoms with Gasteiger partial charge in [-0.05, 0) is 37.1 Å². The molecule has 70 valence electrons. The van der Waals surface area contributed by atoms with E-state index >= 15 is 0 Å². The average molecular weight is 182 g/mol. The molecule has 13 heavy (non-hydrogen) atoms. The van der Waals surface area contributed by atoms with Crippen molar-refractivity contribution in [1.82, 2.24) is 0 Å². The van der Waals surface area contributed by atoms with E-state index in [0.29, 0.717) is 16.7 Å². The second-order valence-corrected chi connectivity index (χ2v) is 2.91. The molecule has 0 heterocycles. The van der Waals surface area contributed by atoms with Crippen LogP contribution in [-0.4, -0.2) is 13.1 Å². The number of esters is 1. The van der Waals surface area contributed by atoms with E-state index in [4.69, 9.17) is 0 Å². The van der Waals surface area contributed by atoms with Crippen molar-refractivity contribution in [2.24, 2.45) is 0 Å². The third-order valence-electron chi connectivity index (χ3n) is 1.89. The topological polar surface area (TPSA) is 26.3 Å². The van der Waals surface area contributed by atoms with Crippen molar-refractivity contribution < 1.29 is 13.9 Å². The highest BCUT2D eigenvalue weighted by molar-refractivity contribution is 5.91. The molecule has 0 fully saturated rings. The highest BCUT2D eigenvalue weighted by Crippen LogP contribution is 2.15. The monoisotopic (exact) mass is 182 g/mol. The van der Waals surface area contributed by atoms with Crippen LogP contribution in [0, 0.1) is 19.7 Å². The molecule has 0 radical (unpaired) electrons. The van der Waals surface area contributed by atoms with Crippen LogP contribution < -0.4 is 0 Å². The molecule has 0 bridgehead atoms. The van der Waals surface area contributed by atoms with Crippen LogP contribution in [0.1, 0.15) is 21.5 Å². The number of aryl methyl sites for hydroxylation is 1. The van der Waals surface area contributed by atoms with Crippen molar-refractivity contribution in [2.75, 3.05) is 7.11 Å². The zero-order valence-electron chi connectivity index (χ0n) is 7.85. The number of rotatable bonds is 1. The Labute approximate surface area is 76.3 Å². The van der Waals surface area contributed by atoms with Crippen molar-refractivity contribution in [1.29, 1.82) is 0 Å². The van der Waals surface area contributed by atoms with Gasteiger partial charge < -0.3 is 4.74 Å². The molecule has 1 rings (SSSR count). The molecule has 3 heteroatoms. The second kappa shape index (κ2) is 3.56. The summed E-state index contributed by atoms with van der Waals surface area (Å²) >= 11 is 0. The van der Waals surface area contributed by atoms with E-state index in [2.05, 4.69) is 4.74 Å². The third kappa shape index (κ3) is 1.86. The predicted octanol–water partition coefficient (Wildman–Crippen LogP) is 2.23. The fraction of sp³-hybridized carbons (Fsp3) is 0.300. The van der Waals surface area contributed by atoms with E-state index in [1.165, 1.54) is 13.2 Å². The van der Waals surface area contributed by atoms with Gasteiger partial charge in [0, 0.05) is 0 Å². The van der Waals surface area contributed by atoms with Gasteiger partial charge in [-0.15, -0.1) is 0 Å². The summed E-state index contributed by atoms with van der Waals surface area (Å²) < 4.78 is 17.7. The summed E-state index contributed by atoms with van der Waals surface area (Å²) in [7, 11) is 1.28. The molecule has 2 nitrogen and oxygen atoms in total. The maximum absolute atomic E-state index is 13.1. The summed E-state index contributed by atoms with van der Waals surface area (Å²) in [4.78, 5) is 11.1. The highest BCUT2D eigenvalue weighted by atomic mass is 19.1. The average Bonchev–Trinajstić information content (AvgIpc) is 2.10. The van der Waals surface area contributed by atoms with E-state index in [1.54, 1.807) is 19.9 Å². The Balaban J connectivity index is 3.28. The van der Waals surface area contributed by atoms with Gasteiger partial charge in [-0.3, -0.25) is 0 Å². The van der Waals surface area contributed by atoms with Gasteiger partial charge in [0.05, 0.1) is 12.7 Å². The highest BCUT2D eigenvalue weighted by Gasteiger charge is 2.12. The fourth-order valence-electron chi connectivity index (χ4n) is 1.14. The van der Waals surface area contributed by atoms with Crippen molar-refractivity contribution >= 4 is 5.97 Å². The lowest BCUT2D eigenvalue weighted by Crippen LogP contribution is -2.05. The minimum absolute atomic E-state index is 0.292. The molecule has 0 N–H and O–H groups in total. The molecule has 1 aromatic carbocycles. The lowest BCUT2D eigenvalue weighted by atomic mass is 10.1. The number of benzene rings is 1. The van der Waals surface area contributed by atoms with E-state index < -0.39 is 5.97 Å². The second-order valence-electron chi connectivity index (χ2n) is 2.91. The molecule has 0 aromatic heterocycles. The summed E-state index contributed by atoms with van der Waals surface area (Å²) in [6.45, 7) is 3.29. The third-order valence-corrected chi connectivity index (χ3v) is 1.89. The number of ether oxygens (including phenoxy) is 1. The molecule has 0 spiro atoms. The van der Waals surface area contributed by atoms with Crippen LogP contribution in [-0.2, 0) is 4.74 Å². The zero-order chi connectivity index (χ0) is 10.0. The maximum Gasteiger partial charge on any atom is 0.338 e. The van der Waals surface area contributed by atoms with Gasteiger partial charge in [-0.1, -0.05) is 0 Å². The van der Waals surface area contributed by atoms with Crippen LogP contribution in [0.2, 0.25) is 0 Å². The molecular weight excluding hydrogens is 171 g/mol. The van der Waals surface area contributed by atoms with E-state index in [9.17, 15) is 9.18 Å². The quantitative estimate of drug-likeness (QED) is 0.622. The SMILES string of the molecule is COC(=O)c1cc(C)cc(F)c1C. The van der Waals surface area contributed by atoms with Gasteiger partial charge in [0.2, 0.25) is 0 Å². The zero-order valence-corrected chi connectivity index (χ0v) is 7.85. The number of hydrogen-bond donors (Lipinski definition) is 0. The molecule has 0 saturated carbocycles. The predicted molar refractivity (Wildman–Crippen MR) is 47.2 cm³/mol. The van der Waals surface area contributed by atoms with Crippen molar-refractivity contribution in [3.05, 3.63) is 34.6 Å². The van der Waals surface area contributed by atoms with Crippen molar-refractivity contribution in [3.63, 3.8) is 0 Å². The summed E-state index contributed by atoms with van der Waals surface area (Å²) in [5.41, 5.74) is 1.33. The number of methoxy groups -OCH3 is 1. The van der Waals surface area contributed by atoms with E-state index in [-0.39, 0.29) is 5.82 Å². The van der Waals surface area contributed by atoms with Crippen molar-refractivity contribution in [2.45, 2.75) is 13.8 Å². The Morgan fingerprint density at radius 2 is 2.00 bits per heavy atom. The number of halogens is 1. The number of hydrogen-bond acceptors (Lipinski definition) is 2. The Hall–Kier alpha value is -1.38. The van der Waals surface area contributed by atoms with Crippen LogP contribution >= 0.6 is 0 Å². The van der Waals surface area contributed by atoms with E-state index in [1.807, 2.05) is 0 Å². The Bertz CT molecular complexity index is 345. The standard InChI is InChI=1S/C10H11FO2/c1-6-4-8(10(12)13-3)7(2)9(11)5-6/h4-5H,1-3H3. The Kier molecular flexibility index (Phi) is 2.66. The van der Waals surface area contributed by atoms with Gasteiger partial charge in [0.25, 0.3) is 0 Å². The van der Waals surface area contributed by atoms with Gasteiger partial charge in [-0.25, -0.2) is 9.18 Å². The number of carbonyl (C=O) groups is 1. The summed E-state index contributed by atoms with van der Waals surface area (Å²) in [5.74, 6) is -0.875. The molecular formula is C10H11FO2. The maximum atomic E-state index is 13.1. The molecule has 0 amide bonds. The molecule has 0 saturated heterocycles. The lowest BCUT2D eigenvalue weighted by Gasteiger charge is -2.05. The fourth-order valence-corrected chi connectivity index (χ4v) is 1.14. The van der Waals surface area contributed by atoms with Crippen molar-refractivity contribution in [3.8, 4) is 0 Å². The molecule has 0 atom stereocenters. The van der Waals surface area contributed by atoms with Gasteiger partial charge in [0.1, 0.15) is 5.82 Å². The van der Waals surface area contributed by atoms with Gasteiger partial charge in [-0.2, -0.15) is 0 Å². The molecule has 0 aliphatic heterocycles. The Morgan fingerprint density at radius 1 is 1.38 bits per heavy atom. The lowest BCUT2D eigenvalue weighted by molar-refractivity contribution is 0.0599. The normalized spacial score (nSPS) is 9.85. The largest absolute Gasteiger partial charge is 0.465 e. The minimum atomic E-state index is -0.500. The number of carbonyl (C=O) groups excluding carboxylic acids is 1. The first-order valence-electron chi connectivity index (χ1n) is 3.91. The van der Waals surface area contributed by atoms with E-state index in [0.717, 1.165) is 0 Å². The molecule has 0 aliphatic rings. The van der Waals surface area contributed by atoms with Crippen LogP contribution in [0.25, 0.3) is 0 Å².